The molecule has 6 nitrogen and oxygen atoms in total. The molecule has 1 aliphatic heterocycles. The molecule has 1 aromatic carbocycles. The number of likely N-dealkylation sites (N-methyl/N-ethyl adjacent to an activating group) is 1. The summed E-state index contributed by atoms with van der Waals surface area (Å²) in [6.07, 6.45) is 1.28. The maximum absolute atomic E-state index is 12.1. The number of fused-ring (bicyclic) bond motifs is 1. The van der Waals surface area contributed by atoms with Crippen LogP contribution in [-0.4, -0.2) is 50.5 Å². The van der Waals surface area contributed by atoms with Gasteiger partial charge in [0.2, 0.25) is 5.91 Å². The predicted octanol–water partition coefficient (Wildman–Crippen LogP) is 1.71. The van der Waals surface area contributed by atoms with Crippen molar-refractivity contribution in [2.45, 2.75) is 19.8 Å². The highest BCUT2D eigenvalue weighted by Gasteiger charge is 2.25. The summed E-state index contributed by atoms with van der Waals surface area (Å²) in [4.78, 5) is 27.6. The maximum atomic E-state index is 12.1. The first kappa shape index (κ1) is 16.3. The standard InChI is InChI=1S/C16H23N3O3/c1-4-5-15(20)17-12-6-7-14-13(10-12)19(9-8-18(2)3)16(21)11-22-14/h6-7,10H,4-5,8-9,11H2,1-3H3,(H,17,20). The van der Waals surface area contributed by atoms with Crippen molar-refractivity contribution < 1.29 is 14.3 Å². The molecule has 0 aliphatic carbocycles. The third kappa shape index (κ3) is 3.98. The van der Waals surface area contributed by atoms with Gasteiger partial charge in [0.25, 0.3) is 5.91 Å². The van der Waals surface area contributed by atoms with Gasteiger partial charge in [0, 0.05) is 25.2 Å². The lowest BCUT2D eigenvalue weighted by molar-refractivity contribution is -0.121. The summed E-state index contributed by atoms with van der Waals surface area (Å²) in [5.41, 5.74) is 1.40. The zero-order valence-electron chi connectivity index (χ0n) is 13.4. The quantitative estimate of drug-likeness (QED) is 0.869. The molecule has 0 saturated carbocycles. The average Bonchev–Trinajstić information content (AvgIpc) is 2.46. The number of amides is 2. The van der Waals surface area contributed by atoms with Crippen LogP contribution in [0.5, 0.6) is 5.75 Å². The Labute approximate surface area is 131 Å². The van der Waals surface area contributed by atoms with E-state index in [2.05, 4.69) is 5.32 Å². The Balaban J connectivity index is 2.20. The molecule has 0 aromatic heterocycles. The molecule has 1 heterocycles. The fraction of sp³-hybridized carbons (Fsp3) is 0.500. The molecule has 22 heavy (non-hydrogen) atoms. The summed E-state index contributed by atoms with van der Waals surface area (Å²) in [5, 5.41) is 2.85. The number of nitrogens with one attached hydrogen (secondary N) is 1. The zero-order valence-corrected chi connectivity index (χ0v) is 13.4. The van der Waals surface area contributed by atoms with Crippen LogP contribution in [0.15, 0.2) is 18.2 Å². The van der Waals surface area contributed by atoms with E-state index in [1.54, 1.807) is 23.1 Å². The third-order valence-corrected chi connectivity index (χ3v) is 3.43. The van der Waals surface area contributed by atoms with Crippen molar-refractivity contribution in [3.8, 4) is 5.75 Å². The van der Waals surface area contributed by atoms with Crippen LogP contribution in [0.4, 0.5) is 11.4 Å². The van der Waals surface area contributed by atoms with E-state index in [0.29, 0.717) is 30.1 Å². The first-order chi connectivity index (χ1) is 10.5. The first-order valence-electron chi connectivity index (χ1n) is 7.53. The molecule has 1 N–H and O–H groups in total. The van der Waals surface area contributed by atoms with E-state index in [1.165, 1.54) is 0 Å². The fourth-order valence-electron chi connectivity index (χ4n) is 2.28. The maximum Gasteiger partial charge on any atom is 0.265 e. The minimum atomic E-state index is -0.0635. The Hall–Kier alpha value is -2.08. The smallest absolute Gasteiger partial charge is 0.265 e. The number of benzene rings is 1. The second-order valence-corrected chi connectivity index (χ2v) is 5.62. The summed E-state index contributed by atoms with van der Waals surface area (Å²) in [6, 6.07) is 5.40. The number of carbonyl (C=O) groups excluding carboxylic acids is 2. The van der Waals surface area contributed by atoms with Crippen LogP contribution in [0.2, 0.25) is 0 Å². The Morgan fingerprint density at radius 3 is 2.86 bits per heavy atom. The largest absolute Gasteiger partial charge is 0.482 e. The molecule has 0 fully saturated rings. The van der Waals surface area contributed by atoms with E-state index in [1.807, 2.05) is 25.9 Å². The van der Waals surface area contributed by atoms with Crippen molar-refractivity contribution in [3.05, 3.63) is 18.2 Å². The molecule has 120 valence electrons. The number of nitrogens with zero attached hydrogens (tertiary/aromatic N) is 2. The molecule has 0 saturated heterocycles. The van der Waals surface area contributed by atoms with E-state index in [-0.39, 0.29) is 18.4 Å². The second kappa shape index (κ2) is 7.26. The summed E-state index contributed by atoms with van der Waals surface area (Å²) in [6.45, 7) is 3.37. The SMILES string of the molecule is CCCC(=O)Nc1ccc2c(c1)N(CCN(C)C)C(=O)CO2. The number of ether oxygens (including phenoxy) is 1. The van der Waals surface area contributed by atoms with Gasteiger partial charge in [0.05, 0.1) is 5.69 Å². The molecule has 0 bridgehead atoms. The molecule has 1 aromatic rings. The molecule has 0 unspecified atom stereocenters. The van der Waals surface area contributed by atoms with Gasteiger partial charge in [-0.3, -0.25) is 9.59 Å². The van der Waals surface area contributed by atoms with Gasteiger partial charge in [-0.2, -0.15) is 0 Å². The number of hydrogen-bond acceptors (Lipinski definition) is 4. The van der Waals surface area contributed by atoms with Crippen molar-refractivity contribution in [1.29, 1.82) is 0 Å². The highest BCUT2D eigenvalue weighted by molar-refractivity contribution is 5.99. The van der Waals surface area contributed by atoms with Gasteiger partial charge in [0.1, 0.15) is 5.75 Å². The predicted molar refractivity (Wildman–Crippen MR) is 86.4 cm³/mol. The lowest BCUT2D eigenvalue weighted by Gasteiger charge is -2.30. The van der Waals surface area contributed by atoms with Gasteiger partial charge in [-0.1, -0.05) is 6.92 Å². The molecule has 0 spiro atoms. The van der Waals surface area contributed by atoms with Crippen molar-refractivity contribution in [2.75, 3.05) is 44.0 Å². The zero-order chi connectivity index (χ0) is 16.1. The van der Waals surface area contributed by atoms with Crippen LogP contribution in [-0.2, 0) is 9.59 Å². The number of anilines is 2. The second-order valence-electron chi connectivity index (χ2n) is 5.62. The summed E-state index contributed by atoms with van der Waals surface area (Å²) in [5.74, 6) is 0.587. The number of hydrogen-bond donors (Lipinski definition) is 1. The van der Waals surface area contributed by atoms with Crippen molar-refractivity contribution in [3.63, 3.8) is 0 Å². The number of rotatable bonds is 6. The molecule has 2 amide bonds. The van der Waals surface area contributed by atoms with Crippen LogP contribution in [0.3, 0.4) is 0 Å². The van der Waals surface area contributed by atoms with E-state index >= 15 is 0 Å². The summed E-state index contributed by atoms with van der Waals surface area (Å²) >= 11 is 0. The summed E-state index contributed by atoms with van der Waals surface area (Å²) in [7, 11) is 3.93. The minimum absolute atomic E-state index is 0.0228. The first-order valence-corrected chi connectivity index (χ1v) is 7.53. The highest BCUT2D eigenvalue weighted by atomic mass is 16.5. The van der Waals surface area contributed by atoms with Crippen molar-refractivity contribution >= 4 is 23.2 Å². The molecular formula is C16H23N3O3. The van der Waals surface area contributed by atoms with E-state index in [9.17, 15) is 9.59 Å². The van der Waals surface area contributed by atoms with Crippen LogP contribution in [0.25, 0.3) is 0 Å². The van der Waals surface area contributed by atoms with Gasteiger partial charge < -0.3 is 19.9 Å². The molecular weight excluding hydrogens is 282 g/mol. The van der Waals surface area contributed by atoms with E-state index in [4.69, 9.17) is 4.74 Å². The summed E-state index contributed by atoms with van der Waals surface area (Å²) < 4.78 is 5.46. The molecule has 2 rings (SSSR count). The van der Waals surface area contributed by atoms with Crippen LogP contribution < -0.4 is 15.0 Å². The normalized spacial score (nSPS) is 13.8. The minimum Gasteiger partial charge on any atom is -0.482 e. The Kier molecular flexibility index (Phi) is 5.38. The topological polar surface area (TPSA) is 61.9 Å². The van der Waals surface area contributed by atoms with Gasteiger partial charge >= 0.3 is 0 Å². The van der Waals surface area contributed by atoms with Gasteiger partial charge in [-0.05, 0) is 38.7 Å². The number of carbonyl (C=O) groups is 2. The van der Waals surface area contributed by atoms with Crippen LogP contribution >= 0.6 is 0 Å². The van der Waals surface area contributed by atoms with Gasteiger partial charge in [-0.15, -0.1) is 0 Å². The fourth-order valence-corrected chi connectivity index (χ4v) is 2.28. The molecule has 0 radical (unpaired) electrons. The van der Waals surface area contributed by atoms with Crippen molar-refractivity contribution in [2.24, 2.45) is 0 Å². The van der Waals surface area contributed by atoms with Crippen molar-refractivity contribution in [1.82, 2.24) is 4.90 Å². The monoisotopic (exact) mass is 305 g/mol. The van der Waals surface area contributed by atoms with Crippen LogP contribution in [0.1, 0.15) is 19.8 Å². The van der Waals surface area contributed by atoms with E-state index in [0.717, 1.165) is 13.0 Å². The Morgan fingerprint density at radius 1 is 1.41 bits per heavy atom. The van der Waals surface area contributed by atoms with E-state index < -0.39 is 0 Å². The van der Waals surface area contributed by atoms with Gasteiger partial charge in [0.15, 0.2) is 6.61 Å². The Morgan fingerprint density at radius 2 is 2.18 bits per heavy atom. The lowest BCUT2D eigenvalue weighted by atomic mass is 10.2. The Bertz CT molecular complexity index is 558. The lowest BCUT2D eigenvalue weighted by Crippen LogP contribution is -2.42. The highest BCUT2D eigenvalue weighted by Crippen LogP contribution is 2.34. The molecule has 6 heteroatoms. The van der Waals surface area contributed by atoms with Gasteiger partial charge in [-0.25, -0.2) is 0 Å². The molecule has 0 atom stereocenters. The molecule has 1 aliphatic rings. The third-order valence-electron chi connectivity index (χ3n) is 3.43. The average molecular weight is 305 g/mol. The van der Waals surface area contributed by atoms with Crippen LogP contribution in [0, 0.1) is 0 Å².